The van der Waals surface area contributed by atoms with Gasteiger partial charge in [0.2, 0.25) is 0 Å². The molecule has 0 aliphatic carbocycles. The van der Waals surface area contributed by atoms with Crippen LogP contribution < -0.4 is 5.73 Å². The Labute approximate surface area is 91.1 Å². The highest BCUT2D eigenvalue weighted by Gasteiger charge is 2.09. The summed E-state index contributed by atoms with van der Waals surface area (Å²) in [4.78, 5) is 0. The van der Waals surface area contributed by atoms with Gasteiger partial charge in [0.25, 0.3) is 0 Å². The van der Waals surface area contributed by atoms with Crippen LogP contribution in [0.15, 0.2) is 12.1 Å². The third kappa shape index (κ3) is 2.52. The summed E-state index contributed by atoms with van der Waals surface area (Å²) in [6, 6.07) is 4.63. The van der Waals surface area contributed by atoms with Crippen LogP contribution in [0.4, 0.5) is 0 Å². The highest BCUT2D eigenvalue weighted by atomic mass is 32.2. The summed E-state index contributed by atoms with van der Waals surface area (Å²) in [6.07, 6.45) is 2.09. The minimum Gasteiger partial charge on any atom is -0.323 e. The van der Waals surface area contributed by atoms with Crippen LogP contribution in [0.25, 0.3) is 0 Å². The molecule has 1 unspecified atom stereocenters. The second kappa shape index (κ2) is 4.85. The van der Waals surface area contributed by atoms with Crippen molar-refractivity contribution in [1.82, 2.24) is 0 Å². The average Bonchev–Trinajstić information content (AvgIpc) is 2.11. The minimum atomic E-state index is 0.171. The molecular formula is C12H19NS. The molecule has 78 valence electrons. The fourth-order valence-electron chi connectivity index (χ4n) is 1.65. The van der Waals surface area contributed by atoms with Gasteiger partial charge in [-0.3, -0.25) is 0 Å². The van der Waals surface area contributed by atoms with E-state index in [2.05, 4.69) is 39.2 Å². The number of nitrogens with two attached hydrogens (primary N) is 1. The Balaban J connectivity index is 3.02. The maximum Gasteiger partial charge on any atom is 0.0389 e. The van der Waals surface area contributed by atoms with Gasteiger partial charge in [-0.2, -0.15) is 11.8 Å². The maximum absolute atomic E-state index is 6.10. The van der Waals surface area contributed by atoms with Crippen molar-refractivity contribution in [2.24, 2.45) is 5.73 Å². The van der Waals surface area contributed by atoms with Crippen LogP contribution in [-0.2, 0) is 0 Å². The van der Waals surface area contributed by atoms with E-state index in [9.17, 15) is 0 Å². The Kier molecular flexibility index (Phi) is 4.02. The first kappa shape index (κ1) is 11.6. The molecule has 14 heavy (non-hydrogen) atoms. The number of aryl methyl sites for hydroxylation is 3. The molecule has 1 nitrogen and oxygen atoms in total. The highest BCUT2D eigenvalue weighted by Crippen LogP contribution is 2.22. The van der Waals surface area contributed by atoms with Gasteiger partial charge in [-0.05, 0) is 49.3 Å². The van der Waals surface area contributed by atoms with Crippen LogP contribution in [0, 0.1) is 20.8 Å². The van der Waals surface area contributed by atoms with Gasteiger partial charge in [-0.25, -0.2) is 0 Å². The van der Waals surface area contributed by atoms with Crippen molar-refractivity contribution >= 4 is 11.8 Å². The van der Waals surface area contributed by atoms with Gasteiger partial charge < -0.3 is 5.73 Å². The lowest BCUT2D eigenvalue weighted by Crippen LogP contribution is -2.14. The van der Waals surface area contributed by atoms with Crippen LogP contribution in [0.1, 0.15) is 28.3 Å². The normalized spacial score (nSPS) is 12.9. The zero-order chi connectivity index (χ0) is 10.7. The summed E-state index contributed by atoms with van der Waals surface area (Å²) < 4.78 is 0. The van der Waals surface area contributed by atoms with Crippen molar-refractivity contribution < 1.29 is 0 Å². The lowest BCUT2D eigenvalue weighted by atomic mass is 9.97. The Bertz CT molecular complexity index is 320. The van der Waals surface area contributed by atoms with Gasteiger partial charge >= 0.3 is 0 Å². The van der Waals surface area contributed by atoms with Crippen molar-refractivity contribution in [1.29, 1.82) is 0 Å². The van der Waals surface area contributed by atoms with Gasteiger partial charge in [0.15, 0.2) is 0 Å². The van der Waals surface area contributed by atoms with E-state index in [4.69, 9.17) is 5.73 Å². The molecule has 0 spiro atoms. The highest BCUT2D eigenvalue weighted by molar-refractivity contribution is 7.98. The van der Waals surface area contributed by atoms with Crippen LogP contribution in [0.5, 0.6) is 0 Å². The first-order valence-corrected chi connectivity index (χ1v) is 6.28. The first-order chi connectivity index (χ1) is 6.56. The van der Waals surface area contributed by atoms with E-state index in [1.807, 2.05) is 0 Å². The molecule has 0 heterocycles. The molecular weight excluding hydrogens is 190 g/mol. The molecule has 1 rings (SSSR count). The summed E-state index contributed by atoms with van der Waals surface area (Å²) in [5.41, 5.74) is 11.4. The van der Waals surface area contributed by atoms with Gasteiger partial charge in [-0.1, -0.05) is 12.1 Å². The Morgan fingerprint density at radius 1 is 1.14 bits per heavy atom. The molecule has 2 heteroatoms. The second-order valence-electron chi connectivity index (χ2n) is 3.85. The maximum atomic E-state index is 6.10. The minimum absolute atomic E-state index is 0.171. The van der Waals surface area contributed by atoms with Crippen LogP contribution >= 0.6 is 11.8 Å². The summed E-state index contributed by atoms with van der Waals surface area (Å²) in [7, 11) is 0. The van der Waals surface area contributed by atoms with Crippen LogP contribution in [0.2, 0.25) is 0 Å². The summed E-state index contributed by atoms with van der Waals surface area (Å²) in [5, 5.41) is 0. The predicted octanol–water partition coefficient (Wildman–Crippen LogP) is 2.97. The smallest absolute Gasteiger partial charge is 0.0389 e. The molecule has 0 radical (unpaired) electrons. The molecule has 2 N–H and O–H groups in total. The quantitative estimate of drug-likeness (QED) is 0.828. The van der Waals surface area contributed by atoms with Gasteiger partial charge in [0, 0.05) is 11.8 Å². The molecule has 1 atom stereocenters. The Morgan fingerprint density at radius 3 is 2.29 bits per heavy atom. The SMILES string of the molecule is CSCC(N)c1cc(C)c(C)cc1C. The third-order valence-corrected chi connectivity index (χ3v) is 3.32. The third-order valence-electron chi connectivity index (χ3n) is 2.63. The summed E-state index contributed by atoms with van der Waals surface area (Å²) in [6.45, 7) is 6.43. The molecule has 0 saturated heterocycles. The van der Waals surface area contributed by atoms with E-state index in [0.717, 1.165) is 5.75 Å². The molecule has 0 amide bonds. The number of benzene rings is 1. The van der Waals surface area contributed by atoms with E-state index in [-0.39, 0.29) is 6.04 Å². The predicted molar refractivity (Wildman–Crippen MR) is 66.0 cm³/mol. The lowest BCUT2D eigenvalue weighted by Gasteiger charge is -2.15. The van der Waals surface area contributed by atoms with Crippen molar-refractivity contribution in [3.05, 3.63) is 34.4 Å². The largest absolute Gasteiger partial charge is 0.323 e. The monoisotopic (exact) mass is 209 g/mol. The van der Waals surface area contributed by atoms with Gasteiger partial charge in [-0.15, -0.1) is 0 Å². The number of rotatable bonds is 3. The van der Waals surface area contributed by atoms with Crippen molar-refractivity contribution in [3.63, 3.8) is 0 Å². The summed E-state index contributed by atoms with van der Waals surface area (Å²) >= 11 is 1.80. The topological polar surface area (TPSA) is 26.0 Å². The molecule has 1 aromatic carbocycles. The number of thioether (sulfide) groups is 1. The van der Waals surface area contributed by atoms with Gasteiger partial charge in [0.1, 0.15) is 0 Å². The molecule has 0 aliphatic heterocycles. The molecule has 1 aromatic rings. The van der Waals surface area contributed by atoms with E-state index in [0.29, 0.717) is 0 Å². The molecule has 0 fully saturated rings. The number of hydrogen-bond donors (Lipinski definition) is 1. The zero-order valence-corrected chi connectivity index (χ0v) is 10.2. The molecule has 0 aliphatic rings. The molecule has 0 bridgehead atoms. The van der Waals surface area contributed by atoms with E-state index in [1.165, 1.54) is 22.3 Å². The average molecular weight is 209 g/mol. The molecule has 0 aromatic heterocycles. The van der Waals surface area contributed by atoms with Gasteiger partial charge in [0.05, 0.1) is 0 Å². The van der Waals surface area contributed by atoms with Crippen molar-refractivity contribution in [3.8, 4) is 0 Å². The van der Waals surface area contributed by atoms with Crippen LogP contribution in [0.3, 0.4) is 0 Å². The first-order valence-electron chi connectivity index (χ1n) is 4.88. The van der Waals surface area contributed by atoms with Crippen LogP contribution in [-0.4, -0.2) is 12.0 Å². The zero-order valence-electron chi connectivity index (χ0n) is 9.42. The Morgan fingerprint density at radius 2 is 1.71 bits per heavy atom. The standard InChI is InChI=1S/C12H19NS/c1-8-5-10(3)11(6-9(8)2)12(13)7-14-4/h5-6,12H,7,13H2,1-4H3. The van der Waals surface area contributed by atoms with Crippen molar-refractivity contribution in [2.45, 2.75) is 26.8 Å². The van der Waals surface area contributed by atoms with E-state index >= 15 is 0 Å². The van der Waals surface area contributed by atoms with E-state index in [1.54, 1.807) is 11.8 Å². The summed E-state index contributed by atoms with van der Waals surface area (Å²) in [5.74, 6) is 0.989. The Hall–Kier alpha value is -0.470. The fourth-order valence-corrected chi connectivity index (χ4v) is 2.19. The lowest BCUT2D eigenvalue weighted by molar-refractivity contribution is 0.821. The fraction of sp³-hybridized carbons (Fsp3) is 0.500. The molecule has 0 saturated carbocycles. The van der Waals surface area contributed by atoms with Crippen molar-refractivity contribution in [2.75, 3.05) is 12.0 Å². The van der Waals surface area contributed by atoms with E-state index < -0.39 is 0 Å². The second-order valence-corrected chi connectivity index (χ2v) is 4.77. The number of hydrogen-bond acceptors (Lipinski definition) is 2.